The lowest BCUT2D eigenvalue weighted by molar-refractivity contribution is -0.117. The maximum atomic E-state index is 10.3. The van der Waals surface area contributed by atoms with Gasteiger partial charge in [0, 0.05) is 12.0 Å². The van der Waals surface area contributed by atoms with E-state index in [4.69, 9.17) is 5.73 Å². The summed E-state index contributed by atoms with van der Waals surface area (Å²) < 4.78 is 4.54. The second-order valence-corrected chi connectivity index (χ2v) is 2.00. The Morgan fingerprint density at radius 2 is 2.60 bits per heavy atom. The number of aromatic nitrogens is 1. The second kappa shape index (κ2) is 3.00. The normalized spacial score (nSPS) is 9.60. The van der Waals surface area contributed by atoms with Crippen LogP contribution in [-0.2, 0) is 11.2 Å². The molecule has 1 amide bonds. The van der Waals surface area contributed by atoms with E-state index in [1.54, 1.807) is 6.20 Å². The van der Waals surface area contributed by atoms with Crippen molar-refractivity contribution in [1.82, 2.24) is 5.16 Å². The van der Waals surface area contributed by atoms with Gasteiger partial charge in [0.25, 0.3) is 0 Å². The second-order valence-electron chi connectivity index (χ2n) is 2.00. The summed E-state index contributed by atoms with van der Waals surface area (Å²) in [5, 5.41) is 3.47. The van der Waals surface area contributed by atoms with Gasteiger partial charge in [-0.3, -0.25) is 4.79 Å². The van der Waals surface area contributed by atoms with E-state index >= 15 is 0 Å². The van der Waals surface area contributed by atoms with Gasteiger partial charge in [-0.25, -0.2) is 0 Å². The van der Waals surface area contributed by atoms with Gasteiger partial charge in [-0.15, -0.1) is 0 Å². The number of primary amides is 1. The van der Waals surface area contributed by atoms with E-state index in [0.717, 1.165) is 5.56 Å². The molecule has 0 spiro atoms. The van der Waals surface area contributed by atoms with Crippen molar-refractivity contribution in [2.24, 2.45) is 5.73 Å². The number of carbonyl (C=O) groups is 1. The molecule has 2 N–H and O–H groups in total. The quantitative estimate of drug-likeness (QED) is 0.647. The van der Waals surface area contributed by atoms with Crippen LogP contribution in [0.1, 0.15) is 12.0 Å². The van der Waals surface area contributed by atoms with Gasteiger partial charge < -0.3 is 10.3 Å². The zero-order valence-corrected chi connectivity index (χ0v) is 5.41. The summed E-state index contributed by atoms with van der Waals surface area (Å²) in [5.41, 5.74) is 5.82. The fraction of sp³-hybridized carbons (Fsp3) is 0.333. The summed E-state index contributed by atoms with van der Waals surface area (Å²) in [4.78, 5) is 10.3. The van der Waals surface area contributed by atoms with Gasteiger partial charge in [0.05, 0.1) is 6.20 Å². The van der Waals surface area contributed by atoms with Crippen molar-refractivity contribution in [2.75, 3.05) is 0 Å². The third kappa shape index (κ3) is 1.89. The number of carbonyl (C=O) groups excluding carboxylic acids is 1. The lowest BCUT2D eigenvalue weighted by Gasteiger charge is -1.88. The van der Waals surface area contributed by atoms with E-state index < -0.39 is 0 Å². The Labute approximate surface area is 58.0 Å². The average molecular weight is 140 g/mol. The van der Waals surface area contributed by atoms with Crippen LogP contribution in [0.4, 0.5) is 0 Å². The van der Waals surface area contributed by atoms with Crippen molar-refractivity contribution in [3.63, 3.8) is 0 Å². The highest BCUT2D eigenvalue weighted by Crippen LogP contribution is 1.99. The molecule has 1 aromatic heterocycles. The van der Waals surface area contributed by atoms with E-state index in [2.05, 4.69) is 9.68 Å². The fourth-order valence-corrected chi connectivity index (χ4v) is 0.618. The first-order chi connectivity index (χ1) is 4.79. The Bertz CT molecular complexity index is 206. The summed E-state index contributed by atoms with van der Waals surface area (Å²) in [6, 6.07) is 0. The third-order valence-corrected chi connectivity index (χ3v) is 1.14. The van der Waals surface area contributed by atoms with Gasteiger partial charge in [0.2, 0.25) is 5.91 Å². The number of aryl methyl sites for hydroxylation is 1. The van der Waals surface area contributed by atoms with Crippen LogP contribution < -0.4 is 5.73 Å². The molecule has 4 nitrogen and oxygen atoms in total. The molecule has 10 heavy (non-hydrogen) atoms. The fourth-order valence-electron chi connectivity index (χ4n) is 0.618. The molecule has 0 aliphatic heterocycles. The molecular formula is C6H8N2O2. The van der Waals surface area contributed by atoms with Crippen molar-refractivity contribution in [3.05, 3.63) is 18.0 Å². The molecule has 0 saturated carbocycles. The van der Waals surface area contributed by atoms with Crippen molar-refractivity contribution >= 4 is 5.91 Å². The average Bonchev–Trinajstić information content (AvgIpc) is 2.34. The molecule has 1 rings (SSSR count). The third-order valence-electron chi connectivity index (χ3n) is 1.14. The summed E-state index contributed by atoms with van der Waals surface area (Å²) in [6.07, 6.45) is 4.03. The van der Waals surface area contributed by atoms with Gasteiger partial charge in [0.15, 0.2) is 0 Å². The minimum Gasteiger partial charge on any atom is -0.370 e. The van der Waals surface area contributed by atoms with Crippen LogP contribution in [0.25, 0.3) is 0 Å². The van der Waals surface area contributed by atoms with Crippen LogP contribution in [0.3, 0.4) is 0 Å². The predicted molar refractivity (Wildman–Crippen MR) is 34.0 cm³/mol. The van der Waals surface area contributed by atoms with Crippen molar-refractivity contribution in [2.45, 2.75) is 12.8 Å². The zero-order valence-electron chi connectivity index (χ0n) is 5.41. The number of amides is 1. The first kappa shape index (κ1) is 6.80. The first-order valence-corrected chi connectivity index (χ1v) is 2.95. The molecule has 0 atom stereocenters. The molecule has 1 aromatic rings. The smallest absolute Gasteiger partial charge is 0.217 e. The zero-order chi connectivity index (χ0) is 7.40. The number of rotatable bonds is 3. The van der Waals surface area contributed by atoms with Crippen LogP contribution in [-0.4, -0.2) is 11.1 Å². The van der Waals surface area contributed by atoms with Crippen molar-refractivity contribution in [3.8, 4) is 0 Å². The molecule has 4 heteroatoms. The molecular weight excluding hydrogens is 132 g/mol. The first-order valence-electron chi connectivity index (χ1n) is 2.95. The highest BCUT2D eigenvalue weighted by atomic mass is 16.5. The molecule has 0 unspecified atom stereocenters. The summed E-state index contributed by atoms with van der Waals surface area (Å²) >= 11 is 0. The molecule has 0 aliphatic carbocycles. The number of hydrogen-bond donors (Lipinski definition) is 1. The standard InChI is InChI=1S/C6H8N2O2/c7-6(9)2-1-5-3-8-10-4-5/h3-4H,1-2H2,(H2,7,9). The van der Waals surface area contributed by atoms with Crippen molar-refractivity contribution in [1.29, 1.82) is 0 Å². The lowest BCUT2D eigenvalue weighted by Crippen LogP contribution is -2.10. The predicted octanol–water partition coefficient (Wildman–Crippen LogP) is 0.0925. The Morgan fingerprint density at radius 1 is 1.80 bits per heavy atom. The summed E-state index contributed by atoms with van der Waals surface area (Å²) in [5.74, 6) is -0.304. The Morgan fingerprint density at radius 3 is 3.10 bits per heavy atom. The minimum atomic E-state index is -0.304. The molecule has 54 valence electrons. The Hall–Kier alpha value is -1.32. The molecule has 0 fully saturated rings. The number of nitrogens with two attached hydrogens (primary N) is 1. The molecule has 0 saturated heterocycles. The van der Waals surface area contributed by atoms with Gasteiger partial charge in [0.1, 0.15) is 6.26 Å². The molecule has 0 radical (unpaired) electrons. The van der Waals surface area contributed by atoms with Gasteiger partial charge >= 0.3 is 0 Å². The monoisotopic (exact) mass is 140 g/mol. The highest BCUT2D eigenvalue weighted by molar-refractivity contribution is 5.73. The number of nitrogens with zero attached hydrogens (tertiary/aromatic N) is 1. The minimum absolute atomic E-state index is 0.304. The number of hydrogen-bond acceptors (Lipinski definition) is 3. The Balaban J connectivity index is 2.35. The van der Waals surface area contributed by atoms with E-state index in [-0.39, 0.29) is 5.91 Å². The highest BCUT2D eigenvalue weighted by Gasteiger charge is 1.97. The molecule has 0 aromatic carbocycles. The van der Waals surface area contributed by atoms with Crippen LogP contribution in [0.15, 0.2) is 17.0 Å². The van der Waals surface area contributed by atoms with E-state index in [1.165, 1.54) is 6.26 Å². The molecule has 0 aliphatic rings. The maximum absolute atomic E-state index is 10.3. The topological polar surface area (TPSA) is 69.1 Å². The molecule has 1 heterocycles. The maximum Gasteiger partial charge on any atom is 0.217 e. The van der Waals surface area contributed by atoms with Gasteiger partial charge in [-0.1, -0.05) is 5.16 Å². The largest absolute Gasteiger partial charge is 0.370 e. The summed E-state index contributed by atoms with van der Waals surface area (Å²) in [6.45, 7) is 0. The van der Waals surface area contributed by atoms with Gasteiger partial charge in [-0.05, 0) is 6.42 Å². The summed E-state index contributed by atoms with van der Waals surface area (Å²) in [7, 11) is 0. The molecule has 0 bridgehead atoms. The van der Waals surface area contributed by atoms with E-state index in [0.29, 0.717) is 12.8 Å². The van der Waals surface area contributed by atoms with E-state index in [9.17, 15) is 4.79 Å². The van der Waals surface area contributed by atoms with Crippen LogP contribution in [0.5, 0.6) is 0 Å². The SMILES string of the molecule is NC(=O)CCc1cnoc1. The van der Waals surface area contributed by atoms with Gasteiger partial charge in [-0.2, -0.15) is 0 Å². The lowest BCUT2D eigenvalue weighted by atomic mass is 10.2. The van der Waals surface area contributed by atoms with Crippen molar-refractivity contribution < 1.29 is 9.32 Å². The van der Waals surface area contributed by atoms with Crippen LogP contribution >= 0.6 is 0 Å². The van der Waals surface area contributed by atoms with E-state index in [1.807, 2.05) is 0 Å². The Kier molecular flexibility index (Phi) is 2.04. The van der Waals surface area contributed by atoms with Crippen LogP contribution in [0.2, 0.25) is 0 Å². The van der Waals surface area contributed by atoms with Crippen LogP contribution in [0, 0.1) is 0 Å².